The largest absolute Gasteiger partial charge is 0.433 e. The van der Waals surface area contributed by atoms with Crippen LogP contribution in [0.5, 0.6) is 0 Å². The standard InChI is InChI=1S/C12H14F3N3/c1-7-5-16-6-9-4-8-2-3-10(12(13,14)15)17-11(8)18(7)9/h2-3,7,9,16H,4-6H2,1H3/t7-,9-/m1/s1. The Morgan fingerprint density at radius 3 is 2.83 bits per heavy atom. The van der Waals surface area contributed by atoms with E-state index in [2.05, 4.69) is 10.3 Å². The van der Waals surface area contributed by atoms with E-state index >= 15 is 0 Å². The summed E-state index contributed by atoms with van der Waals surface area (Å²) >= 11 is 0. The van der Waals surface area contributed by atoms with Gasteiger partial charge in [0.15, 0.2) is 0 Å². The predicted molar refractivity (Wildman–Crippen MR) is 61.5 cm³/mol. The lowest BCUT2D eigenvalue weighted by Gasteiger charge is -2.37. The molecule has 3 heterocycles. The highest BCUT2D eigenvalue weighted by molar-refractivity contribution is 5.56. The fraction of sp³-hybridized carbons (Fsp3) is 0.583. The lowest BCUT2D eigenvalue weighted by atomic mass is 10.1. The number of piperazine rings is 1. The van der Waals surface area contributed by atoms with Crippen LogP contribution < -0.4 is 10.2 Å². The number of rotatable bonds is 0. The molecule has 0 saturated carbocycles. The minimum atomic E-state index is -4.37. The third-order valence-corrected chi connectivity index (χ3v) is 3.63. The summed E-state index contributed by atoms with van der Waals surface area (Å²) in [5, 5.41) is 3.29. The molecule has 1 N–H and O–H groups in total. The number of hydrogen-bond donors (Lipinski definition) is 1. The van der Waals surface area contributed by atoms with Gasteiger partial charge in [-0.25, -0.2) is 4.98 Å². The molecule has 18 heavy (non-hydrogen) atoms. The molecule has 0 amide bonds. The molecule has 0 spiro atoms. The smallest absolute Gasteiger partial charge is 0.348 e. The summed E-state index contributed by atoms with van der Waals surface area (Å²) in [6, 6.07) is 3.06. The topological polar surface area (TPSA) is 28.2 Å². The van der Waals surface area contributed by atoms with Gasteiger partial charge in [-0.15, -0.1) is 0 Å². The van der Waals surface area contributed by atoms with E-state index < -0.39 is 11.9 Å². The van der Waals surface area contributed by atoms with Crippen LogP contribution in [0, 0.1) is 0 Å². The number of anilines is 1. The summed E-state index contributed by atoms with van der Waals surface area (Å²) in [7, 11) is 0. The van der Waals surface area contributed by atoms with Gasteiger partial charge >= 0.3 is 6.18 Å². The maximum Gasteiger partial charge on any atom is 0.433 e. The zero-order valence-electron chi connectivity index (χ0n) is 9.96. The first kappa shape index (κ1) is 11.8. The third kappa shape index (κ3) is 1.75. The van der Waals surface area contributed by atoms with Crippen molar-refractivity contribution in [2.24, 2.45) is 0 Å². The van der Waals surface area contributed by atoms with Crippen LogP contribution in [0.3, 0.4) is 0 Å². The molecule has 0 aromatic carbocycles. The van der Waals surface area contributed by atoms with Gasteiger partial charge in [-0.2, -0.15) is 13.2 Å². The van der Waals surface area contributed by atoms with Crippen LogP contribution in [0.4, 0.5) is 19.0 Å². The van der Waals surface area contributed by atoms with E-state index in [1.807, 2.05) is 11.8 Å². The fourth-order valence-electron chi connectivity index (χ4n) is 2.84. The van der Waals surface area contributed by atoms with Gasteiger partial charge in [-0.3, -0.25) is 0 Å². The Morgan fingerprint density at radius 2 is 2.11 bits per heavy atom. The van der Waals surface area contributed by atoms with E-state index in [1.165, 1.54) is 0 Å². The SMILES string of the molecule is C[C@@H]1CNC[C@H]2Cc3ccc(C(F)(F)F)nc3N21. The van der Waals surface area contributed by atoms with Gasteiger partial charge in [-0.1, -0.05) is 6.07 Å². The molecule has 1 fully saturated rings. The highest BCUT2D eigenvalue weighted by atomic mass is 19.4. The van der Waals surface area contributed by atoms with Gasteiger partial charge < -0.3 is 10.2 Å². The molecule has 3 rings (SSSR count). The highest BCUT2D eigenvalue weighted by Crippen LogP contribution is 2.36. The molecule has 2 aliphatic rings. The quantitative estimate of drug-likeness (QED) is 0.768. The van der Waals surface area contributed by atoms with E-state index in [1.54, 1.807) is 6.07 Å². The van der Waals surface area contributed by atoms with Crippen LogP contribution in [0.1, 0.15) is 18.2 Å². The van der Waals surface area contributed by atoms with Crippen LogP contribution in [0.25, 0.3) is 0 Å². The van der Waals surface area contributed by atoms with Crippen LogP contribution >= 0.6 is 0 Å². The lowest BCUT2D eigenvalue weighted by Crippen LogP contribution is -2.55. The zero-order valence-corrected chi connectivity index (χ0v) is 9.96. The van der Waals surface area contributed by atoms with Crippen molar-refractivity contribution in [1.82, 2.24) is 10.3 Å². The first-order valence-corrected chi connectivity index (χ1v) is 6.03. The summed E-state index contributed by atoms with van der Waals surface area (Å²) in [4.78, 5) is 5.86. The van der Waals surface area contributed by atoms with E-state index in [0.717, 1.165) is 31.1 Å². The van der Waals surface area contributed by atoms with Gasteiger partial charge in [0.25, 0.3) is 0 Å². The van der Waals surface area contributed by atoms with Crippen molar-refractivity contribution in [3.8, 4) is 0 Å². The monoisotopic (exact) mass is 257 g/mol. The lowest BCUT2D eigenvalue weighted by molar-refractivity contribution is -0.141. The molecule has 0 unspecified atom stereocenters. The number of nitrogens with one attached hydrogen (secondary N) is 1. The number of hydrogen-bond acceptors (Lipinski definition) is 3. The fourth-order valence-corrected chi connectivity index (χ4v) is 2.84. The van der Waals surface area contributed by atoms with Crippen LogP contribution in [-0.2, 0) is 12.6 Å². The Labute approximate surface area is 103 Å². The Morgan fingerprint density at radius 1 is 1.33 bits per heavy atom. The van der Waals surface area contributed by atoms with Crippen molar-refractivity contribution in [3.63, 3.8) is 0 Å². The van der Waals surface area contributed by atoms with Gasteiger partial charge in [0.05, 0.1) is 0 Å². The molecule has 0 aliphatic carbocycles. The number of nitrogens with zero attached hydrogens (tertiary/aromatic N) is 2. The Kier molecular flexibility index (Phi) is 2.52. The Balaban J connectivity index is 2.02. The summed E-state index contributed by atoms with van der Waals surface area (Å²) in [6.45, 7) is 3.60. The number of halogens is 3. The number of pyridine rings is 1. The molecule has 1 aromatic rings. The van der Waals surface area contributed by atoms with Crippen molar-refractivity contribution in [2.75, 3.05) is 18.0 Å². The maximum absolute atomic E-state index is 12.7. The first-order valence-electron chi connectivity index (χ1n) is 6.03. The summed E-state index contributed by atoms with van der Waals surface area (Å²) in [5.41, 5.74) is 0.121. The number of alkyl halides is 3. The normalized spacial score (nSPS) is 27.0. The van der Waals surface area contributed by atoms with Crippen LogP contribution in [0.15, 0.2) is 12.1 Å². The number of fused-ring (bicyclic) bond motifs is 3. The van der Waals surface area contributed by atoms with Crippen LogP contribution in [0.2, 0.25) is 0 Å². The molecule has 1 saturated heterocycles. The van der Waals surface area contributed by atoms with E-state index in [0.29, 0.717) is 5.82 Å². The first-order chi connectivity index (χ1) is 8.47. The second kappa shape index (κ2) is 3.85. The summed E-state index contributed by atoms with van der Waals surface area (Å²) in [6.07, 6.45) is -3.60. The molecule has 6 heteroatoms. The second-order valence-corrected chi connectivity index (χ2v) is 4.95. The average Bonchev–Trinajstić information content (AvgIpc) is 2.66. The third-order valence-electron chi connectivity index (χ3n) is 3.63. The molecular formula is C12H14F3N3. The molecule has 2 aliphatic heterocycles. The average molecular weight is 257 g/mol. The van der Waals surface area contributed by atoms with Crippen molar-refractivity contribution < 1.29 is 13.2 Å². The minimum absolute atomic E-state index is 0.181. The Hall–Kier alpha value is -1.30. The van der Waals surface area contributed by atoms with E-state index in [-0.39, 0.29) is 12.1 Å². The highest BCUT2D eigenvalue weighted by Gasteiger charge is 2.39. The van der Waals surface area contributed by atoms with E-state index in [4.69, 9.17) is 0 Å². The molecule has 1 aromatic heterocycles. The summed E-state index contributed by atoms with van der Waals surface area (Å²) in [5.74, 6) is 0.517. The molecule has 3 nitrogen and oxygen atoms in total. The van der Waals surface area contributed by atoms with Crippen molar-refractivity contribution >= 4 is 5.82 Å². The van der Waals surface area contributed by atoms with Crippen molar-refractivity contribution in [2.45, 2.75) is 31.6 Å². The van der Waals surface area contributed by atoms with Crippen molar-refractivity contribution in [1.29, 1.82) is 0 Å². The van der Waals surface area contributed by atoms with Gasteiger partial charge in [0, 0.05) is 25.2 Å². The van der Waals surface area contributed by atoms with Gasteiger partial charge in [0.1, 0.15) is 11.5 Å². The maximum atomic E-state index is 12.7. The number of aromatic nitrogens is 1. The van der Waals surface area contributed by atoms with Crippen LogP contribution in [-0.4, -0.2) is 30.2 Å². The van der Waals surface area contributed by atoms with E-state index in [9.17, 15) is 13.2 Å². The zero-order chi connectivity index (χ0) is 12.9. The molecule has 2 atom stereocenters. The van der Waals surface area contributed by atoms with Crippen molar-refractivity contribution in [3.05, 3.63) is 23.4 Å². The Bertz CT molecular complexity index is 472. The summed E-state index contributed by atoms with van der Waals surface area (Å²) < 4.78 is 38.1. The molecule has 0 radical (unpaired) electrons. The van der Waals surface area contributed by atoms with Gasteiger partial charge in [-0.05, 0) is 25.0 Å². The molecule has 98 valence electrons. The second-order valence-electron chi connectivity index (χ2n) is 4.95. The predicted octanol–water partition coefficient (Wildman–Crippen LogP) is 1.82. The molecular weight excluding hydrogens is 243 g/mol. The minimum Gasteiger partial charge on any atom is -0.348 e. The van der Waals surface area contributed by atoms with Gasteiger partial charge in [0.2, 0.25) is 0 Å². The molecule has 0 bridgehead atoms.